The van der Waals surface area contributed by atoms with Crippen LogP contribution in [-0.2, 0) is 4.74 Å². The summed E-state index contributed by atoms with van der Waals surface area (Å²) in [6, 6.07) is 1.79. The number of ether oxygens (including phenoxy) is 1. The van der Waals surface area contributed by atoms with E-state index in [0.29, 0.717) is 40.9 Å². The highest BCUT2D eigenvalue weighted by atomic mass is 35.5. The molecular formula is C18H24ClFN4O. The number of anilines is 1. The molecule has 0 aromatic carbocycles. The molecule has 136 valence electrons. The molecule has 1 saturated heterocycles. The van der Waals surface area contributed by atoms with Gasteiger partial charge in [0.05, 0.1) is 10.7 Å². The average molecular weight is 367 g/mol. The first-order chi connectivity index (χ1) is 12.2. The van der Waals surface area contributed by atoms with Gasteiger partial charge in [0.15, 0.2) is 5.82 Å². The molecular weight excluding hydrogens is 343 g/mol. The lowest BCUT2D eigenvalue weighted by atomic mass is 10.0. The molecule has 0 radical (unpaired) electrons. The number of halogens is 2. The van der Waals surface area contributed by atoms with E-state index in [0.717, 1.165) is 26.1 Å². The SMILES string of the molecule is C\C=C/C(=N\C(=C\F)NCC1CCOCC1)c1cc(NC)ncc1Cl. The first-order valence-electron chi connectivity index (χ1n) is 8.35. The van der Waals surface area contributed by atoms with Crippen LogP contribution in [0.1, 0.15) is 25.3 Å². The monoisotopic (exact) mass is 366 g/mol. The summed E-state index contributed by atoms with van der Waals surface area (Å²) in [4.78, 5) is 8.57. The summed E-state index contributed by atoms with van der Waals surface area (Å²) in [5, 5.41) is 6.50. The molecule has 7 heteroatoms. The number of hydrogen-bond donors (Lipinski definition) is 2. The van der Waals surface area contributed by atoms with E-state index in [9.17, 15) is 4.39 Å². The van der Waals surface area contributed by atoms with Crippen LogP contribution in [0.25, 0.3) is 0 Å². The second-order valence-corrected chi connectivity index (χ2v) is 6.13. The van der Waals surface area contributed by atoms with Gasteiger partial charge in [0.1, 0.15) is 12.1 Å². The Labute approximate surface area is 153 Å². The summed E-state index contributed by atoms with van der Waals surface area (Å²) < 4.78 is 18.7. The first kappa shape index (κ1) is 19.4. The highest BCUT2D eigenvalue weighted by molar-refractivity contribution is 6.35. The van der Waals surface area contributed by atoms with Crippen LogP contribution in [-0.4, -0.2) is 37.5 Å². The normalized spacial score (nSPS) is 17.1. The summed E-state index contributed by atoms with van der Waals surface area (Å²) >= 11 is 6.26. The predicted octanol–water partition coefficient (Wildman–Crippen LogP) is 3.93. The zero-order valence-electron chi connectivity index (χ0n) is 14.6. The average Bonchev–Trinajstić information content (AvgIpc) is 2.65. The maximum Gasteiger partial charge on any atom is 0.155 e. The van der Waals surface area contributed by atoms with Gasteiger partial charge < -0.3 is 15.4 Å². The van der Waals surface area contributed by atoms with Crippen LogP contribution in [0.5, 0.6) is 0 Å². The van der Waals surface area contributed by atoms with Gasteiger partial charge in [-0.2, -0.15) is 0 Å². The van der Waals surface area contributed by atoms with Crippen molar-refractivity contribution in [3.8, 4) is 0 Å². The third-order valence-electron chi connectivity index (χ3n) is 3.97. The van der Waals surface area contributed by atoms with E-state index in [1.54, 1.807) is 25.4 Å². The van der Waals surface area contributed by atoms with Crippen LogP contribution in [0.2, 0.25) is 5.02 Å². The molecule has 0 aliphatic carbocycles. The van der Waals surface area contributed by atoms with Gasteiger partial charge in [-0.05, 0) is 37.8 Å². The summed E-state index contributed by atoms with van der Waals surface area (Å²) in [6.07, 6.45) is 7.61. The van der Waals surface area contributed by atoms with Gasteiger partial charge in [-0.25, -0.2) is 14.4 Å². The fourth-order valence-corrected chi connectivity index (χ4v) is 2.75. The van der Waals surface area contributed by atoms with Gasteiger partial charge in [0.25, 0.3) is 0 Å². The highest BCUT2D eigenvalue weighted by Gasteiger charge is 2.14. The van der Waals surface area contributed by atoms with E-state index in [4.69, 9.17) is 16.3 Å². The maximum absolute atomic E-state index is 13.3. The first-order valence-corrected chi connectivity index (χ1v) is 8.72. The Morgan fingerprint density at radius 1 is 1.48 bits per heavy atom. The van der Waals surface area contributed by atoms with Crippen molar-refractivity contribution in [2.24, 2.45) is 10.9 Å². The van der Waals surface area contributed by atoms with E-state index in [1.807, 2.05) is 13.0 Å². The molecule has 0 saturated carbocycles. The fourth-order valence-electron chi connectivity index (χ4n) is 2.55. The van der Waals surface area contributed by atoms with E-state index >= 15 is 0 Å². The van der Waals surface area contributed by atoms with Gasteiger partial charge in [-0.15, -0.1) is 0 Å². The topological polar surface area (TPSA) is 58.5 Å². The number of nitrogens with one attached hydrogen (secondary N) is 2. The van der Waals surface area contributed by atoms with Crippen LogP contribution < -0.4 is 10.6 Å². The number of aliphatic imine (C=N–C) groups is 1. The molecule has 5 nitrogen and oxygen atoms in total. The smallest absolute Gasteiger partial charge is 0.155 e. The van der Waals surface area contributed by atoms with E-state index in [2.05, 4.69) is 20.6 Å². The van der Waals surface area contributed by atoms with Crippen molar-refractivity contribution >= 4 is 23.1 Å². The van der Waals surface area contributed by atoms with Crippen molar-refractivity contribution in [3.63, 3.8) is 0 Å². The number of aromatic nitrogens is 1. The Morgan fingerprint density at radius 2 is 2.24 bits per heavy atom. The Hall–Kier alpha value is -1.92. The van der Waals surface area contributed by atoms with Crippen molar-refractivity contribution in [1.82, 2.24) is 10.3 Å². The van der Waals surface area contributed by atoms with Crippen LogP contribution >= 0.6 is 11.6 Å². The molecule has 1 aliphatic heterocycles. The standard InChI is InChI=1S/C18H24ClFN4O/c1-3-4-16(14-9-17(21-2)23-12-15(14)19)24-18(10-20)22-11-13-5-7-25-8-6-13/h3-4,9-10,12-13,22H,5-8,11H2,1-2H3,(H,21,23)/b4-3-,18-10+,24-16+. The Balaban J connectivity index is 2.18. The summed E-state index contributed by atoms with van der Waals surface area (Å²) in [5.74, 6) is 1.31. The minimum atomic E-state index is 0.179. The minimum Gasteiger partial charge on any atom is -0.381 e. The number of pyridine rings is 1. The largest absolute Gasteiger partial charge is 0.381 e. The third kappa shape index (κ3) is 5.83. The van der Waals surface area contributed by atoms with Crippen LogP contribution in [0, 0.1) is 5.92 Å². The molecule has 0 bridgehead atoms. The molecule has 2 N–H and O–H groups in total. The Kier molecular flexibility index (Phi) is 7.88. The number of hydrogen-bond acceptors (Lipinski definition) is 5. The summed E-state index contributed by atoms with van der Waals surface area (Å²) in [7, 11) is 1.77. The summed E-state index contributed by atoms with van der Waals surface area (Å²) in [6.45, 7) is 4.05. The zero-order chi connectivity index (χ0) is 18.1. The van der Waals surface area contributed by atoms with Crippen LogP contribution in [0.4, 0.5) is 10.2 Å². The third-order valence-corrected chi connectivity index (χ3v) is 4.27. The minimum absolute atomic E-state index is 0.179. The van der Waals surface area contributed by atoms with Crippen molar-refractivity contribution in [2.75, 3.05) is 32.1 Å². The quantitative estimate of drug-likeness (QED) is 0.718. The molecule has 1 aromatic rings. The molecule has 0 atom stereocenters. The van der Waals surface area contributed by atoms with E-state index in [1.165, 1.54) is 0 Å². The molecule has 1 fully saturated rings. The van der Waals surface area contributed by atoms with E-state index in [-0.39, 0.29) is 5.82 Å². The number of allylic oxidation sites excluding steroid dienone is 2. The molecule has 25 heavy (non-hydrogen) atoms. The maximum atomic E-state index is 13.3. The lowest BCUT2D eigenvalue weighted by Crippen LogP contribution is -2.27. The highest BCUT2D eigenvalue weighted by Crippen LogP contribution is 2.20. The van der Waals surface area contributed by atoms with E-state index < -0.39 is 0 Å². The number of nitrogens with zero attached hydrogens (tertiary/aromatic N) is 2. The molecule has 2 heterocycles. The summed E-state index contributed by atoms with van der Waals surface area (Å²) in [5.41, 5.74) is 1.25. The number of rotatable bonds is 7. The molecule has 1 aromatic heterocycles. The van der Waals surface area contributed by atoms with Gasteiger partial charge in [0, 0.05) is 38.6 Å². The second kappa shape index (κ2) is 10.2. The van der Waals surface area contributed by atoms with Gasteiger partial charge in [0.2, 0.25) is 0 Å². The molecule has 0 unspecified atom stereocenters. The molecule has 0 amide bonds. The Morgan fingerprint density at radius 3 is 2.88 bits per heavy atom. The lowest BCUT2D eigenvalue weighted by Gasteiger charge is -2.22. The second-order valence-electron chi connectivity index (χ2n) is 5.73. The van der Waals surface area contributed by atoms with Crippen LogP contribution in [0.15, 0.2) is 41.6 Å². The molecule has 0 spiro atoms. The Bertz CT molecular complexity index is 654. The van der Waals surface area contributed by atoms with Gasteiger partial charge in [-0.3, -0.25) is 0 Å². The van der Waals surface area contributed by atoms with Gasteiger partial charge >= 0.3 is 0 Å². The van der Waals surface area contributed by atoms with Crippen molar-refractivity contribution in [3.05, 3.63) is 47.2 Å². The lowest BCUT2D eigenvalue weighted by molar-refractivity contribution is 0.0670. The predicted molar refractivity (Wildman–Crippen MR) is 101 cm³/mol. The zero-order valence-corrected chi connectivity index (χ0v) is 15.3. The molecule has 2 rings (SSSR count). The van der Waals surface area contributed by atoms with Crippen molar-refractivity contribution in [2.45, 2.75) is 19.8 Å². The van der Waals surface area contributed by atoms with Crippen molar-refractivity contribution in [1.29, 1.82) is 0 Å². The van der Waals surface area contributed by atoms with Crippen molar-refractivity contribution < 1.29 is 9.13 Å². The molecule has 1 aliphatic rings. The van der Waals surface area contributed by atoms with Crippen LogP contribution in [0.3, 0.4) is 0 Å². The van der Waals surface area contributed by atoms with Gasteiger partial charge in [-0.1, -0.05) is 17.7 Å². The fraction of sp³-hybridized carbons (Fsp3) is 0.444.